The SMILES string of the molecule is CCNC(=NCCc1nc(C(F)(F)F)cs1)NCCc1nnc2n1CCCCC2.I. The van der Waals surface area contributed by atoms with Crippen LogP contribution in [0, 0.1) is 0 Å². The Morgan fingerprint density at radius 3 is 2.77 bits per heavy atom. The molecule has 1 aliphatic rings. The van der Waals surface area contributed by atoms with Crippen LogP contribution >= 0.6 is 35.3 Å². The fourth-order valence-corrected chi connectivity index (χ4v) is 3.98. The molecule has 2 N–H and O–H groups in total. The number of aromatic nitrogens is 4. The standard InChI is InChI=1S/C18H26F3N7S.HI/c1-2-22-17(24-10-8-16-25-13(12-29-16)18(19,20)21)23-9-7-15-27-26-14-6-4-3-5-11-28(14)15;/h12H,2-11H2,1H3,(H2,22,23,24);1H. The number of nitrogens with one attached hydrogen (secondary N) is 2. The van der Waals surface area contributed by atoms with E-state index in [2.05, 4.69) is 35.4 Å². The number of halogens is 4. The van der Waals surface area contributed by atoms with Gasteiger partial charge in [0.15, 0.2) is 11.7 Å². The molecule has 0 bridgehead atoms. The molecular weight excluding hydrogens is 530 g/mol. The van der Waals surface area contributed by atoms with Crippen LogP contribution in [-0.2, 0) is 32.0 Å². The highest BCUT2D eigenvalue weighted by molar-refractivity contribution is 14.0. The van der Waals surface area contributed by atoms with Gasteiger partial charge in [0.2, 0.25) is 0 Å². The molecule has 168 valence electrons. The molecule has 2 aromatic heterocycles. The molecule has 3 heterocycles. The maximum atomic E-state index is 12.6. The molecule has 0 spiro atoms. The molecule has 0 unspecified atom stereocenters. The second-order valence-corrected chi connectivity index (χ2v) is 7.75. The van der Waals surface area contributed by atoms with Crippen molar-refractivity contribution in [1.29, 1.82) is 0 Å². The zero-order chi connectivity index (χ0) is 20.7. The van der Waals surface area contributed by atoms with Gasteiger partial charge in [-0.15, -0.1) is 45.5 Å². The van der Waals surface area contributed by atoms with Crippen molar-refractivity contribution in [3.8, 4) is 0 Å². The summed E-state index contributed by atoms with van der Waals surface area (Å²) >= 11 is 1.01. The summed E-state index contributed by atoms with van der Waals surface area (Å²) in [7, 11) is 0. The summed E-state index contributed by atoms with van der Waals surface area (Å²) in [6, 6.07) is 0. The van der Waals surface area contributed by atoms with Crippen molar-refractivity contribution in [3.05, 3.63) is 27.7 Å². The minimum absolute atomic E-state index is 0. The summed E-state index contributed by atoms with van der Waals surface area (Å²) in [5.41, 5.74) is -0.834. The van der Waals surface area contributed by atoms with E-state index in [-0.39, 0.29) is 24.0 Å². The van der Waals surface area contributed by atoms with Gasteiger partial charge in [-0.3, -0.25) is 4.99 Å². The van der Waals surface area contributed by atoms with E-state index in [4.69, 9.17) is 0 Å². The van der Waals surface area contributed by atoms with Gasteiger partial charge in [-0.25, -0.2) is 4.98 Å². The molecule has 12 heteroatoms. The predicted octanol–water partition coefficient (Wildman–Crippen LogP) is 3.44. The highest BCUT2D eigenvalue weighted by atomic mass is 127. The van der Waals surface area contributed by atoms with Crippen LogP contribution in [0.4, 0.5) is 13.2 Å². The number of aliphatic imine (C=N–C) groups is 1. The Morgan fingerprint density at radius 1 is 1.20 bits per heavy atom. The molecule has 0 amide bonds. The summed E-state index contributed by atoms with van der Waals surface area (Å²) in [6.07, 6.45) is 1.24. The zero-order valence-corrected chi connectivity index (χ0v) is 20.0. The van der Waals surface area contributed by atoms with E-state index in [9.17, 15) is 13.2 Å². The minimum Gasteiger partial charge on any atom is -0.357 e. The summed E-state index contributed by atoms with van der Waals surface area (Å²) < 4.78 is 40.1. The Labute approximate surface area is 195 Å². The summed E-state index contributed by atoms with van der Waals surface area (Å²) in [6.45, 7) is 4.65. The fraction of sp³-hybridized carbons (Fsp3) is 0.667. The van der Waals surface area contributed by atoms with Crippen molar-refractivity contribution in [2.24, 2.45) is 4.99 Å². The van der Waals surface area contributed by atoms with Gasteiger partial charge < -0.3 is 15.2 Å². The molecule has 0 saturated heterocycles. The number of fused-ring (bicyclic) bond motifs is 1. The Kier molecular flexibility index (Phi) is 9.78. The van der Waals surface area contributed by atoms with Gasteiger partial charge in [0, 0.05) is 50.8 Å². The quantitative estimate of drug-likeness (QED) is 0.310. The van der Waals surface area contributed by atoms with Crippen molar-refractivity contribution >= 4 is 41.3 Å². The van der Waals surface area contributed by atoms with Crippen LogP contribution in [0.1, 0.15) is 48.5 Å². The van der Waals surface area contributed by atoms with E-state index in [1.807, 2.05) is 6.92 Å². The number of aryl methyl sites for hydroxylation is 1. The highest BCUT2D eigenvalue weighted by Crippen LogP contribution is 2.30. The highest BCUT2D eigenvalue weighted by Gasteiger charge is 2.33. The zero-order valence-electron chi connectivity index (χ0n) is 16.8. The minimum atomic E-state index is -4.39. The van der Waals surface area contributed by atoms with Gasteiger partial charge in [-0.05, 0) is 19.8 Å². The molecule has 1 aliphatic heterocycles. The number of hydrogen-bond acceptors (Lipinski definition) is 5. The topological polar surface area (TPSA) is 80.0 Å². The van der Waals surface area contributed by atoms with Gasteiger partial charge in [-0.1, -0.05) is 6.42 Å². The van der Waals surface area contributed by atoms with Crippen molar-refractivity contribution in [2.45, 2.75) is 58.2 Å². The molecular formula is C18H27F3IN7S. The van der Waals surface area contributed by atoms with E-state index in [1.165, 1.54) is 6.42 Å². The Morgan fingerprint density at radius 2 is 2.03 bits per heavy atom. The first-order valence-corrected chi connectivity index (χ1v) is 10.8. The van der Waals surface area contributed by atoms with E-state index < -0.39 is 11.9 Å². The summed E-state index contributed by atoms with van der Waals surface area (Å²) in [5, 5.41) is 16.5. The molecule has 3 rings (SSSR count). The van der Waals surface area contributed by atoms with Crippen molar-refractivity contribution in [1.82, 2.24) is 30.4 Å². The smallest absolute Gasteiger partial charge is 0.357 e. The van der Waals surface area contributed by atoms with Crippen LogP contribution in [0.15, 0.2) is 10.4 Å². The Balaban J connectivity index is 0.00000320. The van der Waals surface area contributed by atoms with Crippen LogP contribution in [0.5, 0.6) is 0 Å². The van der Waals surface area contributed by atoms with Crippen LogP contribution in [0.2, 0.25) is 0 Å². The predicted molar refractivity (Wildman–Crippen MR) is 121 cm³/mol. The first-order valence-electron chi connectivity index (χ1n) is 9.92. The monoisotopic (exact) mass is 557 g/mol. The van der Waals surface area contributed by atoms with E-state index >= 15 is 0 Å². The lowest BCUT2D eigenvalue weighted by molar-refractivity contribution is -0.140. The fourth-order valence-electron chi connectivity index (χ4n) is 3.18. The molecule has 7 nitrogen and oxygen atoms in total. The molecule has 0 aromatic carbocycles. The van der Waals surface area contributed by atoms with Gasteiger partial charge in [-0.2, -0.15) is 13.2 Å². The van der Waals surface area contributed by atoms with Gasteiger partial charge >= 0.3 is 6.18 Å². The first kappa shape index (κ1) is 24.8. The maximum Gasteiger partial charge on any atom is 0.434 e. The average molecular weight is 557 g/mol. The normalized spacial score (nSPS) is 14.6. The van der Waals surface area contributed by atoms with Crippen LogP contribution in [-0.4, -0.2) is 45.3 Å². The molecule has 30 heavy (non-hydrogen) atoms. The summed E-state index contributed by atoms with van der Waals surface area (Å²) in [5.74, 6) is 2.68. The van der Waals surface area contributed by atoms with E-state index in [0.717, 1.165) is 60.6 Å². The third kappa shape index (κ3) is 7.06. The molecule has 0 fully saturated rings. The average Bonchev–Trinajstić information content (AvgIpc) is 3.23. The number of rotatable bonds is 7. The largest absolute Gasteiger partial charge is 0.434 e. The molecule has 0 aliphatic carbocycles. The second-order valence-electron chi connectivity index (χ2n) is 6.81. The van der Waals surface area contributed by atoms with Crippen molar-refractivity contribution in [2.75, 3.05) is 19.6 Å². The number of nitrogens with zero attached hydrogens (tertiary/aromatic N) is 5. The van der Waals surface area contributed by atoms with Gasteiger partial charge in [0.25, 0.3) is 0 Å². The molecule has 2 aromatic rings. The van der Waals surface area contributed by atoms with E-state index in [1.54, 1.807) is 0 Å². The van der Waals surface area contributed by atoms with Gasteiger partial charge in [0.05, 0.1) is 5.01 Å². The maximum absolute atomic E-state index is 12.6. The number of guanidine groups is 1. The Hall–Kier alpha value is -1.44. The van der Waals surface area contributed by atoms with Crippen molar-refractivity contribution < 1.29 is 13.2 Å². The number of alkyl halides is 3. The molecule has 0 atom stereocenters. The lowest BCUT2D eigenvalue weighted by Crippen LogP contribution is -2.38. The van der Waals surface area contributed by atoms with E-state index in [0.29, 0.717) is 37.0 Å². The van der Waals surface area contributed by atoms with Crippen molar-refractivity contribution in [3.63, 3.8) is 0 Å². The van der Waals surface area contributed by atoms with Gasteiger partial charge in [0.1, 0.15) is 11.6 Å². The third-order valence-electron chi connectivity index (χ3n) is 4.61. The Bertz CT molecular complexity index is 819. The molecule has 0 radical (unpaired) electrons. The second kappa shape index (κ2) is 11.8. The number of hydrogen-bond donors (Lipinski definition) is 2. The summed E-state index contributed by atoms with van der Waals surface area (Å²) in [4.78, 5) is 8.07. The van der Waals surface area contributed by atoms with Crippen LogP contribution in [0.3, 0.4) is 0 Å². The lowest BCUT2D eigenvalue weighted by atomic mass is 10.2. The molecule has 0 saturated carbocycles. The lowest BCUT2D eigenvalue weighted by Gasteiger charge is -2.11. The first-order chi connectivity index (χ1) is 14.0. The van der Waals surface area contributed by atoms with Crippen LogP contribution in [0.25, 0.3) is 0 Å². The van der Waals surface area contributed by atoms with Crippen LogP contribution < -0.4 is 10.6 Å². The number of thiazole rings is 1. The third-order valence-corrected chi connectivity index (χ3v) is 5.52.